The Bertz CT molecular complexity index is 415. The molecule has 2 N–H and O–H groups in total. The summed E-state index contributed by atoms with van der Waals surface area (Å²) in [7, 11) is 0. The minimum atomic E-state index is -0.447. The van der Waals surface area contributed by atoms with E-state index in [4.69, 9.17) is 0 Å². The highest BCUT2D eigenvalue weighted by atomic mass is 79.9. The maximum absolute atomic E-state index is 13.3. The molecule has 0 unspecified atom stereocenters. The lowest BCUT2D eigenvalue weighted by molar-refractivity contribution is -0.115. The third kappa shape index (κ3) is 5.28. The molecule has 1 amide bonds. The Hall–Kier alpha value is -0.940. The van der Waals surface area contributed by atoms with Gasteiger partial charge in [-0.05, 0) is 39.0 Å². The first-order valence-corrected chi connectivity index (χ1v) is 6.07. The second-order valence-electron chi connectivity index (χ2n) is 4.78. The van der Waals surface area contributed by atoms with Crippen LogP contribution in [0.3, 0.4) is 0 Å². The van der Waals surface area contributed by atoms with Gasteiger partial charge in [-0.25, -0.2) is 4.39 Å². The van der Waals surface area contributed by atoms with Crippen molar-refractivity contribution in [3.8, 4) is 0 Å². The third-order valence-corrected chi connectivity index (χ3v) is 2.48. The predicted molar refractivity (Wildman–Crippen MR) is 70.5 cm³/mol. The number of amides is 1. The number of carbonyl (C=O) groups is 1. The summed E-state index contributed by atoms with van der Waals surface area (Å²) in [5, 5.41) is 5.55. The van der Waals surface area contributed by atoms with Crippen LogP contribution >= 0.6 is 15.9 Å². The van der Waals surface area contributed by atoms with Crippen molar-refractivity contribution in [2.45, 2.75) is 26.3 Å². The normalized spacial score (nSPS) is 11.4. The molecule has 0 bridgehead atoms. The van der Waals surface area contributed by atoms with Gasteiger partial charge in [0.05, 0.1) is 12.2 Å². The lowest BCUT2D eigenvalue weighted by atomic mass is 10.1. The highest BCUT2D eigenvalue weighted by Crippen LogP contribution is 2.19. The van der Waals surface area contributed by atoms with Gasteiger partial charge in [-0.2, -0.15) is 0 Å². The Morgan fingerprint density at radius 1 is 1.41 bits per heavy atom. The molecule has 0 heterocycles. The number of benzene rings is 1. The second-order valence-corrected chi connectivity index (χ2v) is 5.69. The molecule has 0 saturated heterocycles. The van der Waals surface area contributed by atoms with Gasteiger partial charge in [0, 0.05) is 10.0 Å². The summed E-state index contributed by atoms with van der Waals surface area (Å²) >= 11 is 3.22. The van der Waals surface area contributed by atoms with Crippen molar-refractivity contribution in [2.24, 2.45) is 0 Å². The minimum Gasteiger partial charge on any atom is -0.322 e. The topological polar surface area (TPSA) is 41.1 Å². The van der Waals surface area contributed by atoms with Gasteiger partial charge >= 0.3 is 0 Å². The van der Waals surface area contributed by atoms with Gasteiger partial charge in [-0.1, -0.05) is 15.9 Å². The summed E-state index contributed by atoms with van der Waals surface area (Å²) in [6.45, 7) is 6.02. The first-order chi connectivity index (χ1) is 7.78. The summed E-state index contributed by atoms with van der Waals surface area (Å²) in [5.74, 6) is -0.714. The van der Waals surface area contributed by atoms with Gasteiger partial charge in [0.25, 0.3) is 0 Å². The fourth-order valence-corrected chi connectivity index (χ4v) is 1.49. The molecule has 0 saturated carbocycles. The standard InChI is InChI=1S/C12H16BrFN2O/c1-12(2,3)15-7-11(17)16-10-6-8(13)4-5-9(10)14/h4-6,15H,7H2,1-3H3,(H,16,17). The fraction of sp³-hybridized carbons (Fsp3) is 0.417. The highest BCUT2D eigenvalue weighted by Gasteiger charge is 2.12. The predicted octanol–water partition coefficient (Wildman–Crippen LogP) is 2.91. The molecule has 0 aliphatic carbocycles. The van der Waals surface area contributed by atoms with Crippen LogP contribution in [-0.4, -0.2) is 18.0 Å². The summed E-state index contributed by atoms with van der Waals surface area (Å²) < 4.78 is 14.1. The molecule has 5 heteroatoms. The number of nitrogens with one attached hydrogen (secondary N) is 2. The number of carbonyl (C=O) groups excluding carboxylic acids is 1. The van der Waals surface area contributed by atoms with Gasteiger partial charge in [-0.15, -0.1) is 0 Å². The summed E-state index contributed by atoms with van der Waals surface area (Å²) in [6, 6.07) is 4.42. The van der Waals surface area contributed by atoms with Crippen molar-refractivity contribution in [3.63, 3.8) is 0 Å². The molecule has 0 spiro atoms. The van der Waals surface area contributed by atoms with Gasteiger partial charge in [0.15, 0.2) is 0 Å². The molecule has 1 rings (SSSR count). The number of hydrogen-bond acceptors (Lipinski definition) is 2. The van der Waals surface area contributed by atoms with E-state index in [1.54, 1.807) is 6.07 Å². The van der Waals surface area contributed by atoms with Crippen molar-refractivity contribution in [3.05, 3.63) is 28.5 Å². The maximum atomic E-state index is 13.3. The van der Waals surface area contributed by atoms with Crippen molar-refractivity contribution in [1.29, 1.82) is 0 Å². The van der Waals surface area contributed by atoms with Gasteiger partial charge in [-0.3, -0.25) is 4.79 Å². The molecule has 1 aromatic rings. The Labute approximate surface area is 109 Å². The highest BCUT2D eigenvalue weighted by molar-refractivity contribution is 9.10. The summed E-state index contributed by atoms with van der Waals surface area (Å²) in [4.78, 5) is 11.6. The van der Waals surface area contributed by atoms with E-state index in [9.17, 15) is 9.18 Å². The van der Waals surface area contributed by atoms with Crippen LogP contribution in [0.25, 0.3) is 0 Å². The van der Waals surface area contributed by atoms with Crippen molar-refractivity contribution in [2.75, 3.05) is 11.9 Å². The van der Waals surface area contributed by atoms with E-state index in [-0.39, 0.29) is 23.7 Å². The number of hydrogen-bond donors (Lipinski definition) is 2. The Kier molecular flexibility index (Phi) is 4.65. The van der Waals surface area contributed by atoms with Crippen molar-refractivity contribution >= 4 is 27.5 Å². The quantitative estimate of drug-likeness (QED) is 0.901. The zero-order valence-electron chi connectivity index (χ0n) is 10.1. The number of anilines is 1. The average Bonchev–Trinajstić information content (AvgIpc) is 2.20. The van der Waals surface area contributed by atoms with Crippen LogP contribution in [0.15, 0.2) is 22.7 Å². The maximum Gasteiger partial charge on any atom is 0.238 e. The van der Waals surface area contributed by atoms with Gasteiger partial charge in [0.1, 0.15) is 5.82 Å². The molecule has 0 fully saturated rings. The van der Waals surface area contributed by atoms with E-state index in [1.165, 1.54) is 12.1 Å². The molecule has 0 aromatic heterocycles. The monoisotopic (exact) mass is 302 g/mol. The van der Waals surface area contributed by atoms with Gasteiger partial charge < -0.3 is 10.6 Å². The Morgan fingerprint density at radius 3 is 2.65 bits per heavy atom. The SMILES string of the molecule is CC(C)(C)NCC(=O)Nc1cc(Br)ccc1F. The Morgan fingerprint density at radius 2 is 2.06 bits per heavy atom. The van der Waals surface area contributed by atoms with E-state index in [0.717, 1.165) is 4.47 Å². The lowest BCUT2D eigenvalue weighted by Gasteiger charge is -2.20. The first-order valence-electron chi connectivity index (χ1n) is 5.28. The molecular weight excluding hydrogens is 287 g/mol. The molecule has 94 valence electrons. The van der Waals surface area contributed by atoms with E-state index in [1.807, 2.05) is 20.8 Å². The van der Waals surface area contributed by atoms with Gasteiger partial charge in [0.2, 0.25) is 5.91 Å². The molecule has 0 aliphatic heterocycles. The average molecular weight is 303 g/mol. The summed E-state index contributed by atoms with van der Waals surface area (Å²) in [5.41, 5.74) is 0.0350. The van der Waals surface area contributed by atoms with E-state index < -0.39 is 5.82 Å². The van der Waals surface area contributed by atoms with E-state index in [2.05, 4.69) is 26.6 Å². The molecule has 0 aliphatic rings. The molecule has 0 atom stereocenters. The van der Waals surface area contributed by atoms with Crippen LogP contribution in [0.4, 0.5) is 10.1 Å². The van der Waals surface area contributed by atoms with E-state index >= 15 is 0 Å². The molecular formula is C12H16BrFN2O. The fourth-order valence-electron chi connectivity index (χ4n) is 1.13. The summed E-state index contributed by atoms with van der Waals surface area (Å²) in [6.07, 6.45) is 0. The lowest BCUT2D eigenvalue weighted by Crippen LogP contribution is -2.41. The van der Waals surface area contributed by atoms with Crippen LogP contribution in [0.5, 0.6) is 0 Å². The minimum absolute atomic E-state index is 0.146. The zero-order valence-corrected chi connectivity index (χ0v) is 11.7. The number of halogens is 2. The second kappa shape index (κ2) is 5.60. The molecule has 3 nitrogen and oxygen atoms in total. The smallest absolute Gasteiger partial charge is 0.238 e. The zero-order chi connectivity index (χ0) is 13.1. The van der Waals surface area contributed by atoms with Crippen LogP contribution in [0.1, 0.15) is 20.8 Å². The molecule has 17 heavy (non-hydrogen) atoms. The van der Waals surface area contributed by atoms with Crippen LogP contribution in [0, 0.1) is 5.82 Å². The number of rotatable bonds is 3. The first kappa shape index (κ1) is 14.1. The van der Waals surface area contributed by atoms with Crippen molar-refractivity contribution in [1.82, 2.24) is 5.32 Å². The Balaban J connectivity index is 2.59. The van der Waals surface area contributed by atoms with Crippen LogP contribution in [-0.2, 0) is 4.79 Å². The molecule has 1 aromatic carbocycles. The largest absolute Gasteiger partial charge is 0.322 e. The third-order valence-electron chi connectivity index (χ3n) is 1.98. The van der Waals surface area contributed by atoms with Crippen LogP contribution < -0.4 is 10.6 Å². The van der Waals surface area contributed by atoms with Crippen LogP contribution in [0.2, 0.25) is 0 Å². The van der Waals surface area contributed by atoms with E-state index in [0.29, 0.717) is 0 Å². The van der Waals surface area contributed by atoms with Crippen molar-refractivity contribution < 1.29 is 9.18 Å². The molecule has 0 radical (unpaired) electrons.